The van der Waals surface area contributed by atoms with Crippen molar-refractivity contribution in [2.75, 3.05) is 32.7 Å². The number of carbonyl (C=O) groups excluding carboxylic acids is 1. The molecule has 0 spiro atoms. The van der Waals surface area contributed by atoms with Gasteiger partial charge in [0, 0.05) is 24.5 Å². The molecule has 0 bridgehead atoms. The number of hydrogen-bond donors (Lipinski definition) is 3. The van der Waals surface area contributed by atoms with Gasteiger partial charge in [-0.15, -0.1) is 35.3 Å². The second-order valence-electron chi connectivity index (χ2n) is 8.31. The molecule has 1 saturated heterocycles. The summed E-state index contributed by atoms with van der Waals surface area (Å²) in [6.45, 7) is 6.46. The highest BCUT2D eigenvalue weighted by Gasteiger charge is 2.25. The highest BCUT2D eigenvalue weighted by molar-refractivity contribution is 14.0. The van der Waals surface area contributed by atoms with Crippen molar-refractivity contribution < 1.29 is 9.90 Å². The van der Waals surface area contributed by atoms with Crippen LogP contribution in [-0.4, -0.2) is 54.6 Å². The molecule has 3 rings (SSSR count). The van der Waals surface area contributed by atoms with E-state index in [2.05, 4.69) is 39.9 Å². The van der Waals surface area contributed by atoms with Crippen LogP contribution in [0, 0.1) is 5.92 Å². The molecular weight excluding hydrogens is 535 g/mol. The first-order valence-electron chi connectivity index (χ1n) is 11.1. The SMILES string of the molecule is CCNC(=NCC(=O)N1CCC(Cc2ccccc2)CC1)NCC(C)(O)c1cccs1.I. The molecule has 1 aromatic heterocycles. The molecule has 0 saturated carbocycles. The average Bonchev–Trinajstić information content (AvgIpc) is 3.33. The second kappa shape index (κ2) is 13.2. The maximum Gasteiger partial charge on any atom is 0.244 e. The molecule has 6 nitrogen and oxygen atoms in total. The zero-order chi connectivity index (χ0) is 22.1. The van der Waals surface area contributed by atoms with Crippen molar-refractivity contribution in [2.45, 2.75) is 38.7 Å². The van der Waals surface area contributed by atoms with Crippen LogP contribution in [0.1, 0.15) is 37.1 Å². The number of thiophene rings is 1. The van der Waals surface area contributed by atoms with E-state index in [1.54, 1.807) is 6.92 Å². The number of aliphatic hydroxyl groups is 1. The molecule has 1 fully saturated rings. The summed E-state index contributed by atoms with van der Waals surface area (Å²) in [5.41, 5.74) is 0.381. The van der Waals surface area contributed by atoms with Crippen LogP contribution < -0.4 is 10.6 Å². The molecule has 0 radical (unpaired) electrons. The Balaban J connectivity index is 0.00000363. The number of likely N-dealkylation sites (tertiary alicyclic amines) is 1. The van der Waals surface area contributed by atoms with Crippen LogP contribution in [0.3, 0.4) is 0 Å². The van der Waals surface area contributed by atoms with Crippen molar-refractivity contribution in [1.29, 1.82) is 0 Å². The van der Waals surface area contributed by atoms with E-state index in [0.29, 0.717) is 25.0 Å². The number of amides is 1. The smallest absolute Gasteiger partial charge is 0.244 e. The van der Waals surface area contributed by atoms with Gasteiger partial charge in [-0.2, -0.15) is 0 Å². The van der Waals surface area contributed by atoms with E-state index in [9.17, 15) is 9.90 Å². The van der Waals surface area contributed by atoms with E-state index >= 15 is 0 Å². The van der Waals surface area contributed by atoms with Gasteiger partial charge in [0.1, 0.15) is 12.1 Å². The van der Waals surface area contributed by atoms with Crippen molar-refractivity contribution in [2.24, 2.45) is 10.9 Å². The number of piperidine rings is 1. The number of nitrogens with one attached hydrogen (secondary N) is 2. The number of carbonyl (C=O) groups is 1. The van der Waals surface area contributed by atoms with Crippen LogP contribution in [-0.2, 0) is 16.8 Å². The first-order valence-corrected chi connectivity index (χ1v) is 12.0. The Morgan fingerprint density at radius 1 is 1.19 bits per heavy atom. The van der Waals surface area contributed by atoms with E-state index in [4.69, 9.17) is 0 Å². The summed E-state index contributed by atoms with van der Waals surface area (Å²) in [6.07, 6.45) is 3.15. The molecular formula is C24H35IN4O2S. The summed E-state index contributed by atoms with van der Waals surface area (Å²) >= 11 is 1.52. The lowest BCUT2D eigenvalue weighted by atomic mass is 9.90. The predicted octanol–water partition coefficient (Wildman–Crippen LogP) is 3.61. The minimum Gasteiger partial charge on any atom is -0.383 e. The summed E-state index contributed by atoms with van der Waals surface area (Å²) in [5.74, 6) is 1.24. The van der Waals surface area contributed by atoms with Gasteiger partial charge in [0.15, 0.2) is 5.96 Å². The van der Waals surface area contributed by atoms with Crippen LogP contribution in [0.15, 0.2) is 52.8 Å². The third-order valence-corrected chi connectivity index (χ3v) is 6.83. The lowest BCUT2D eigenvalue weighted by Gasteiger charge is -2.32. The fraction of sp³-hybridized carbons (Fsp3) is 0.500. The number of nitrogens with zero attached hydrogens (tertiary/aromatic N) is 2. The third-order valence-electron chi connectivity index (χ3n) is 5.70. The summed E-state index contributed by atoms with van der Waals surface area (Å²) in [4.78, 5) is 20.0. The summed E-state index contributed by atoms with van der Waals surface area (Å²) in [7, 11) is 0. The van der Waals surface area contributed by atoms with E-state index in [1.807, 2.05) is 35.4 Å². The number of guanidine groups is 1. The van der Waals surface area contributed by atoms with Gasteiger partial charge in [-0.25, -0.2) is 4.99 Å². The number of halogens is 1. The topological polar surface area (TPSA) is 77.0 Å². The van der Waals surface area contributed by atoms with Crippen molar-refractivity contribution in [1.82, 2.24) is 15.5 Å². The normalized spacial score (nSPS) is 16.7. The average molecular weight is 571 g/mol. The molecule has 2 heterocycles. The summed E-state index contributed by atoms with van der Waals surface area (Å²) in [5, 5.41) is 19.0. The van der Waals surface area contributed by atoms with Crippen LogP contribution in [0.25, 0.3) is 0 Å². The van der Waals surface area contributed by atoms with E-state index < -0.39 is 5.60 Å². The van der Waals surface area contributed by atoms with Crippen molar-refractivity contribution in [3.63, 3.8) is 0 Å². The zero-order valence-electron chi connectivity index (χ0n) is 18.9. The van der Waals surface area contributed by atoms with Crippen LogP contribution in [0.5, 0.6) is 0 Å². The third kappa shape index (κ3) is 8.04. The highest BCUT2D eigenvalue weighted by Crippen LogP contribution is 2.24. The van der Waals surface area contributed by atoms with Crippen molar-refractivity contribution >= 4 is 47.2 Å². The van der Waals surface area contributed by atoms with E-state index in [1.165, 1.54) is 16.9 Å². The van der Waals surface area contributed by atoms with Gasteiger partial charge in [0.2, 0.25) is 5.91 Å². The maximum atomic E-state index is 12.7. The van der Waals surface area contributed by atoms with E-state index in [0.717, 1.165) is 37.2 Å². The van der Waals surface area contributed by atoms with Gasteiger partial charge in [-0.3, -0.25) is 4.79 Å². The molecule has 2 aromatic rings. The second-order valence-corrected chi connectivity index (χ2v) is 9.26. The fourth-order valence-electron chi connectivity index (χ4n) is 3.85. The van der Waals surface area contributed by atoms with Gasteiger partial charge in [-0.1, -0.05) is 36.4 Å². The fourth-order valence-corrected chi connectivity index (χ4v) is 4.64. The Bertz CT molecular complexity index is 835. The molecule has 8 heteroatoms. The number of benzene rings is 1. The molecule has 1 atom stereocenters. The standard InChI is InChI=1S/C24H34N4O2S.HI/c1-3-25-23(27-18-24(2,30)21-10-7-15-31-21)26-17-22(29)28-13-11-20(12-14-28)16-19-8-5-4-6-9-19;/h4-10,15,20,30H,3,11-14,16-18H2,1-2H3,(H2,25,26,27);1H. The number of aliphatic imine (C=N–C) groups is 1. The Morgan fingerprint density at radius 3 is 2.53 bits per heavy atom. The summed E-state index contributed by atoms with van der Waals surface area (Å²) in [6, 6.07) is 14.4. The monoisotopic (exact) mass is 570 g/mol. The first-order chi connectivity index (χ1) is 15.0. The molecule has 1 amide bonds. The first kappa shape index (κ1) is 26.6. The Kier molecular flexibility index (Phi) is 10.9. The number of rotatable bonds is 8. The molecule has 1 unspecified atom stereocenters. The van der Waals surface area contributed by atoms with Gasteiger partial charge in [-0.05, 0) is 56.0 Å². The highest BCUT2D eigenvalue weighted by atomic mass is 127. The van der Waals surface area contributed by atoms with E-state index in [-0.39, 0.29) is 36.4 Å². The Hall–Kier alpha value is -1.65. The van der Waals surface area contributed by atoms with Gasteiger partial charge in [0.05, 0.1) is 6.54 Å². The number of hydrogen-bond acceptors (Lipinski definition) is 4. The van der Waals surface area contributed by atoms with Crippen LogP contribution in [0.4, 0.5) is 0 Å². The predicted molar refractivity (Wildman–Crippen MR) is 143 cm³/mol. The zero-order valence-corrected chi connectivity index (χ0v) is 22.1. The van der Waals surface area contributed by atoms with Crippen molar-refractivity contribution in [3.05, 3.63) is 58.3 Å². The van der Waals surface area contributed by atoms with Gasteiger partial charge >= 0.3 is 0 Å². The van der Waals surface area contributed by atoms with Gasteiger partial charge in [0.25, 0.3) is 0 Å². The minimum atomic E-state index is -0.991. The quantitative estimate of drug-likeness (QED) is 0.258. The Morgan fingerprint density at radius 2 is 1.91 bits per heavy atom. The van der Waals surface area contributed by atoms with Crippen LogP contribution >= 0.6 is 35.3 Å². The van der Waals surface area contributed by atoms with Gasteiger partial charge < -0.3 is 20.6 Å². The lowest BCUT2D eigenvalue weighted by molar-refractivity contribution is -0.130. The molecule has 1 aromatic carbocycles. The summed E-state index contributed by atoms with van der Waals surface area (Å²) < 4.78 is 0. The lowest BCUT2D eigenvalue weighted by Crippen LogP contribution is -2.45. The molecule has 1 aliphatic rings. The maximum absolute atomic E-state index is 12.7. The molecule has 0 aliphatic carbocycles. The van der Waals surface area contributed by atoms with Crippen molar-refractivity contribution in [3.8, 4) is 0 Å². The molecule has 176 valence electrons. The minimum absolute atomic E-state index is 0. The molecule has 3 N–H and O–H groups in total. The van der Waals surface area contributed by atoms with Crippen LogP contribution in [0.2, 0.25) is 0 Å². The molecule has 1 aliphatic heterocycles. The largest absolute Gasteiger partial charge is 0.383 e. The Labute approximate surface area is 212 Å². The molecule has 32 heavy (non-hydrogen) atoms.